The molecule has 1 amide bonds. The average Bonchev–Trinajstić information content (AvgIpc) is 2.60. The van der Waals surface area contributed by atoms with Crippen LogP contribution in [0, 0.1) is 16.7 Å². The van der Waals surface area contributed by atoms with Crippen LogP contribution in [0.25, 0.3) is 0 Å². The van der Waals surface area contributed by atoms with Gasteiger partial charge < -0.3 is 4.74 Å². The summed E-state index contributed by atoms with van der Waals surface area (Å²) in [5, 5.41) is 9.95. The molecule has 0 aromatic heterocycles. The molecule has 0 bridgehead atoms. The number of aliphatic imine (C=N–C) groups is 1. The monoisotopic (exact) mass is 348 g/mol. The Bertz CT molecular complexity index is 743. The summed E-state index contributed by atoms with van der Waals surface area (Å²) in [4.78, 5) is 15.9. The lowest BCUT2D eigenvalue weighted by Crippen LogP contribution is -2.28. The summed E-state index contributed by atoms with van der Waals surface area (Å²) in [7, 11) is 0. The lowest BCUT2D eigenvalue weighted by Gasteiger charge is -2.23. The van der Waals surface area contributed by atoms with Crippen LogP contribution < -0.4 is 0 Å². The molecule has 2 aromatic carbocycles. The first-order valence-corrected chi connectivity index (χ1v) is 8.59. The summed E-state index contributed by atoms with van der Waals surface area (Å²) >= 11 is 0. The number of nitrogens with zero attached hydrogens (tertiary/aromatic N) is 2. The molecule has 0 aliphatic heterocycles. The number of benzene rings is 2. The van der Waals surface area contributed by atoms with Gasteiger partial charge in [-0.3, -0.25) is 0 Å². The Morgan fingerprint density at radius 3 is 1.85 bits per heavy atom. The maximum atomic E-state index is 12.0. The Balaban J connectivity index is 2.30. The number of hydrogen-bond donors (Lipinski definition) is 0. The highest BCUT2D eigenvalue weighted by Crippen LogP contribution is 2.26. The second-order valence-electron chi connectivity index (χ2n) is 7.33. The van der Waals surface area contributed by atoms with Crippen molar-refractivity contribution in [2.24, 2.45) is 10.4 Å². The van der Waals surface area contributed by atoms with Crippen molar-refractivity contribution in [2.75, 3.05) is 0 Å². The molecule has 0 heterocycles. The summed E-state index contributed by atoms with van der Waals surface area (Å²) in [5.41, 5.74) is 0.476. The number of ether oxygens (including phenoxy) is 1. The zero-order valence-electron chi connectivity index (χ0n) is 15.5. The molecule has 0 radical (unpaired) electrons. The van der Waals surface area contributed by atoms with Crippen molar-refractivity contribution in [3.05, 3.63) is 71.8 Å². The van der Waals surface area contributed by atoms with E-state index in [0.29, 0.717) is 12.8 Å². The molecule has 0 atom stereocenters. The van der Waals surface area contributed by atoms with Crippen molar-refractivity contribution in [3.63, 3.8) is 0 Å². The van der Waals surface area contributed by atoms with Crippen molar-refractivity contribution in [2.45, 2.75) is 39.2 Å². The Morgan fingerprint density at radius 2 is 1.46 bits per heavy atom. The minimum Gasteiger partial charge on any atom is -0.442 e. The van der Waals surface area contributed by atoms with E-state index in [1.54, 1.807) is 20.8 Å². The largest absolute Gasteiger partial charge is 0.442 e. The van der Waals surface area contributed by atoms with Gasteiger partial charge in [-0.05, 0) is 44.7 Å². The first-order valence-electron chi connectivity index (χ1n) is 8.59. The van der Waals surface area contributed by atoms with E-state index in [1.165, 1.54) is 6.21 Å². The molecule has 0 fully saturated rings. The Hall–Kier alpha value is -2.93. The fourth-order valence-electron chi connectivity index (χ4n) is 2.65. The predicted octanol–water partition coefficient (Wildman–Crippen LogP) is 4.99. The topological polar surface area (TPSA) is 62.4 Å². The van der Waals surface area contributed by atoms with Gasteiger partial charge in [0.1, 0.15) is 11.0 Å². The van der Waals surface area contributed by atoms with Crippen molar-refractivity contribution < 1.29 is 9.53 Å². The van der Waals surface area contributed by atoms with Crippen molar-refractivity contribution >= 4 is 12.3 Å². The zero-order valence-corrected chi connectivity index (χ0v) is 15.5. The first-order chi connectivity index (χ1) is 12.3. The maximum Gasteiger partial charge on any atom is 0.433 e. The van der Waals surface area contributed by atoms with E-state index >= 15 is 0 Å². The summed E-state index contributed by atoms with van der Waals surface area (Å²) in [6, 6.07) is 21.9. The quantitative estimate of drug-likeness (QED) is 0.715. The van der Waals surface area contributed by atoms with Crippen LogP contribution in [0.15, 0.2) is 65.7 Å². The van der Waals surface area contributed by atoms with Gasteiger partial charge >= 0.3 is 6.09 Å². The molecule has 0 N–H and O–H groups in total. The summed E-state index contributed by atoms with van der Waals surface area (Å²) in [6.07, 6.45) is 1.69. The van der Waals surface area contributed by atoms with Gasteiger partial charge in [0.2, 0.25) is 0 Å². The van der Waals surface area contributed by atoms with Crippen LogP contribution >= 0.6 is 0 Å². The third-order valence-electron chi connectivity index (χ3n) is 3.76. The molecule has 134 valence electrons. The summed E-state index contributed by atoms with van der Waals surface area (Å²) < 4.78 is 5.23. The molecule has 0 spiro atoms. The number of rotatable bonds is 5. The molecule has 0 saturated heterocycles. The van der Waals surface area contributed by atoms with Crippen LogP contribution in [0.3, 0.4) is 0 Å². The number of nitriles is 1. The third kappa shape index (κ3) is 6.18. The Kier molecular flexibility index (Phi) is 6.30. The summed E-state index contributed by atoms with van der Waals surface area (Å²) in [5.74, 6) is 0. The molecule has 4 heteroatoms. The molecule has 0 unspecified atom stereocenters. The van der Waals surface area contributed by atoms with Crippen LogP contribution in [-0.2, 0) is 17.6 Å². The Labute approximate surface area is 155 Å². The molecule has 0 aliphatic carbocycles. The van der Waals surface area contributed by atoms with Gasteiger partial charge in [-0.15, -0.1) is 0 Å². The van der Waals surface area contributed by atoms with Gasteiger partial charge in [-0.2, -0.15) is 10.3 Å². The normalized spacial score (nSPS) is 11.9. The first kappa shape index (κ1) is 19.4. The molecular weight excluding hydrogens is 324 g/mol. The van der Waals surface area contributed by atoms with Crippen molar-refractivity contribution in [1.82, 2.24) is 0 Å². The van der Waals surface area contributed by atoms with Crippen LogP contribution in [0.4, 0.5) is 4.79 Å². The number of carbonyl (C=O) groups excluding carboxylic acids is 1. The SMILES string of the molecule is CC(C)(C)OC(=O)/N=C/C(C#N)(Cc1ccccc1)Cc1ccccc1. The van der Waals surface area contributed by atoms with E-state index in [0.717, 1.165) is 11.1 Å². The number of carbonyl (C=O) groups is 1. The highest BCUT2D eigenvalue weighted by Gasteiger charge is 2.30. The standard InChI is InChI=1S/C22H24N2O2/c1-21(2,3)26-20(25)24-17-22(16-23,14-18-10-6-4-7-11-18)15-19-12-8-5-9-13-19/h4-13,17H,14-15H2,1-3H3/b24-17+. The summed E-state index contributed by atoms with van der Waals surface area (Å²) in [6.45, 7) is 5.35. The molecule has 0 saturated carbocycles. The van der Waals surface area contributed by atoms with Gasteiger partial charge in [-0.25, -0.2) is 4.79 Å². The second kappa shape index (κ2) is 8.44. The van der Waals surface area contributed by atoms with Crippen LogP contribution in [0.2, 0.25) is 0 Å². The fraction of sp³-hybridized carbons (Fsp3) is 0.318. The molecule has 2 rings (SSSR count). The van der Waals surface area contributed by atoms with Crippen LogP contribution in [0.5, 0.6) is 0 Å². The number of hydrogen-bond acceptors (Lipinski definition) is 3. The smallest absolute Gasteiger partial charge is 0.433 e. The lowest BCUT2D eigenvalue weighted by molar-refractivity contribution is 0.0604. The molecular formula is C22H24N2O2. The van der Waals surface area contributed by atoms with Gasteiger partial charge in [-0.1, -0.05) is 60.7 Å². The van der Waals surface area contributed by atoms with Crippen LogP contribution in [0.1, 0.15) is 31.9 Å². The van der Waals surface area contributed by atoms with Gasteiger partial charge in [0.25, 0.3) is 0 Å². The lowest BCUT2D eigenvalue weighted by atomic mass is 9.79. The third-order valence-corrected chi connectivity index (χ3v) is 3.76. The van der Waals surface area contributed by atoms with E-state index in [1.807, 2.05) is 60.7 Å². The van der Waals surface area contributed by atoms with Gasteiger partial charge in [0, 0.05) is 6.21 Å². The predicted molar refractivity (Wildman–Crippen MR) is 103 cm³/mol. The highest BCUT2D eigenvalue weighted by atomic mass is 16.6. The Morgan fingerprint density at radius 1 is 1.00 bits per heavy atom. The second-order valence-corrected chi connectivity index (χ2v) is 7.33. The van der Waals surface area contributed by atoms with E-state index in [2.05, 4.69) is 11.1 Å². The molecule has 26 heavy (non-hydrogen) atoms. The average molecular weight is 348 g/mol. The highest BCUT2D eigenvalue weighted by molar-refractivity contribution is 5.84. The van der Waals surface area contributed by atoms with Crippen molar-refractivity contribution in [1.29, 1.82) is 5.26 Å². The maximum absolute atomic E-state index is 12.0. The zero-order chi connectivity index (χ0) is 19.0. The number of amides is 1. The van der Waals surface area contributed by atoms with Crippen LogP contribution in [-0.4, -0.2) is 17.9 Å². The van der Waals surface area contributed by atoms with Crippen molar-refractivity contribution in [3.8, 4) is 6.07 Å². The molecule has 2 aromatic rings. The van der Waals surface area contributed by atoms with E-state index in [9.17, 15) is 10.1 Å². The van der Waals surface area contributed by atoms with E-state index in [-0.39, 0.29) is 0 Å². The van der Waals surface area contributed by atoms with Gasteiger partial charge in [0.15, 0.2) is 0 Å². The molecule has 0 aliphatic rings. The van der Waals surface area contributed by atoms with E-state index in [4.69, 9.17) is 4.74 Å². The minimum absolute atomic E-state index is 0.464. The fourth-order valence-corrected chi connectivity index (χ4v) is 2.65. The minimum atomic E-state index is -0.931. The molecule has 4 nitrogen and oxygen atoms in total. The van der Waals surface area contributed by atoms with E-state index < -0.39 is 17.1 Å². The van der Waals surface area contributed by atoms with Gasteiger partial charge in [0.05, 0.1) is 6.07 Å².